The van der Waals surface area contributed by atoms with Crippen molar-refractivity contribution in [3.63, 3.8) is 0 Å². The first-order valence-electron chi connectivity index (χ1n) is 11.8. The molecule has 4 nitrogen and oxygen atoms in total. The fourth-order valence-electron chi connectivity index (χ4n) is 4.80. The number of benzene rings is 3. The van der Waals surface area contributed by atoms with E-state index in [0.29, 0.717) is 18.1 Å². The molecule has 33 heavy (non-hydrogen) atoms. The predicted octanol–water partition coefficient (Wildman–Crippen LogP) is 6.69. The van der Waals surface area contributed by atoms with Gasteiger partial charge in [-0.2, -0.15) is 0 Å². The number of hydrogen-bond acceptors (Lipinski definition) is 3. The highest BCUT2D eigenvalue weighted by molar-refractivity contribution is 6.30. The lowest BCUT2D eigenvalue weighted by Crippen LogP contribution is -2.29. The summed E-state index contributed by atoms with van der Waals surface area (Å²) in [5, 5.41) is 0.678. The molecule has 2 saturated heterocycles. The molecule has 0 bridgehead atoms. The van der Waals surface area contributed by atoms with E-state index in [1.54, 1.807) is 4.90 Å². The molecule has 170 valence electrons. The Labute approximate surface area is 200 Å². The molecule has 5 rings (SSSR count). The first kappa shape index (κ1) is 22.0. The Morgan fingerprint density at radius 2 is 1.58 bits per heavy atom. The lowest BCUT2D eigenvalue weighted by atomic mass is 9.97. The highest BCUT2D eigenvalue weighted by atomic mass is 35.5. The molecule has 3 aromatic rings. The summed E-state index contributed by atoms with van der Waals surface area (Å²) in [4.78, 5) is 16.7. The molecule has 2 aliphatic rings. The molecule has 1 atom stereocenters. The third kappa shape index (κ3) is 5.23. The number of amides is 1. The summed E-state index contributed by atoms with van der Waals surface area (Å²) in [5.41, 5.74) is 5.95. The number of piperidine rings is 1. The maximum atomic E-state index is 12.4. The average molecular weight is 461 g/mol. The third-order valence-electron chi connectivity index (χ3n) is 6.63. The predicted molar refractivity (Wildman–Crippen MR) is 132 cm³/mol. The van der Waals surface area contributed by atoms with Crippen molar-refractivity contribution >= 4 is 17.7 Å². The van der Waals surface area contributed by atoms with Crippen LogP contribution in [0.3, 0.4) is 0 Å². The number of cyclic esters (lactones) is 1. The Bertz CT molecular complexity index is 1090. The molecule has 0 saturated carbocycles. The van der Waals surface area contributed by atoms with Crippen LogP contribution < -0.4 is 0 Å². The van der Waals surface area contributed by atoms with Crippen molar-refractivity contribution in [2.75, 3.05) is 19.6 Å². The molecule has 0 radical (unpaired) electrons. The van der Waals surface area contributed by atoms with Crippen LogP contribution in [0.25, 0.3) is 11.1 Å². The largest absolute Gasteiger partial charge is 0.439 e. The molecule has 2 fully saturated rings. The highest BCUT2D eigenvalue weighted by Gasteiger charge is 2.32. The second-order valence-corrected chi connectivity index (χ2v) is 9.43. The van der Waals surface area contributed by atoms with Gasteiger partial charge in [0.1, 0.15) is 6.10 Å². The number of carbonyl (C=O) groups is 1. The Morgan fingerprint density at radius 3 is 2.33 bits per heavy atom. The molecule has 2 heterocycles. The van der Waals surface area contributed by atoms with Gasteiger partial charge in [0, 0.05) is 18.1 Å². The molecule has 3 aromatic carbocycles. The van der Waals surface area contributed by atoms with E-state index < -0.39 is 0 Å². The fourth-order valence-corrected chi connectivity index (χ4v) is 4.92. The number of carbonyl (C=O) groups excluding carboxylic acids is 1. The van der Waals surface area contributed by atoms with Gasteiger partial charge in [0.15, 0.2) is 0 Å². The van der Waals surface area contributed by atoms with Gasteiger partial charge in [0.25, 0.3) is 0 Å². The minimum absolute atomic E-state index is 0.254. The van der Waals surface area contributed by atoms with Gasteiger partial charge in [-0.15, -0.1) is 0 Å². The minimum Gasteiger partial charge on any atom is -0.439 e. The van der Waals surface area contributed by atoms with E-state index in [4.69, 9.17) is 16.3 Å². The van der Waals surface area contributed by atoms with Crippen molar-refractivity contribution in [1.29, 1.82) is 0 Å². The van der Waals surface area contributed by atoms with E-state index in [0.717, 1.165) is 17.7 Å². The van der Waals surface area contributed by atoms with Crippen molar-refractivity contribution in [2.24, 2.45) is 0 Å². The summed E-state index contributed by atoms with van der Waals surface area (Å²) in [6, 6.07) is 24.8. The van der Waals surface area contributed by atoms with Gasteiger partial charge >= 0.3 is 6.09 Å². The normalized spacial score (nSPS) is 19.0. The number of ether oxygens (including phenoxy) is 1. The zero-order valence-corrected chi connectivity index (χ0v) is 19.5. The van der Waals surface area contributed by atoms with Crippen LogP contribution in [0.1, 0.15) is 42.1 Å². The molecular weight excluding hydrogens is 432 g/mol. The molecule has 0 N–H and O–H groups in total. The SMILES string of the molecule is O=C1O[C@H](c2ccc(Cl)cc2)CN1Cc1ccc(-c2ccccc2CN2CCCCC2)cc1. The van der Waals surface area contributed by atoms with Crippen molar-refractivity contribution in [3.05, 3.63) is 94.5 Å². The van der Waals surface area contributed by atoms with Crippen molar-refractivity contribution in [1.82, 2.24) is 9.80 Å². The summed E-state index contributed by atoms with van der Waals surface area (Å²) in [6.07, 6.45) is 3.43. The third-order valence-corrected chi connectivity index (χ3v) is 6.88. The Balaban J connectivity index is 1.26. The molecular formula is C28H29ClN2O2. The van der Waals surface area contributed by atoms with Crippen LogP contribution in [0.2, 0.25) is 5.02 Å². The Kier molecular flexibility index (Phi) is 6.65. The van der Waals surface area contributed by atoms with Crippen LogP contribution in [-0.2, 0) is 17.8 Å². The number of likely N-dealkylation sites (tertiary alicyclic amines) is 1. The van der Waals surface area contributed by atoms with Crippen LogP contribution >= 0.6 is 11.6 Å². The highest BCUT2D eigenvalue weighted by Crippen LogP contribution is 2.30. The zero-order chi connectivity index (χ0) is 22.6. The quantitative estimate of drug-likeness (QED) is 0.411. The second kappa shape index (κ2) is 9.98. The monoisotopic (exact) mass is 460 g/mol. The summed E-state index contributed by atoms with van der Waals surface area (Å²) >= 11 is 5.98. The van der Waals surface area contributed by atoms with E-state index in [1.807, 2.05) is 24.3 Å². The zero-order valence-electron chi connectivity index (χ0n) is 18.8. The molecule has 2 aliphatic heterocycles. The van der Waals surface area contributed by atoms with Crippen molar-refractivity contribution in [3.8, 4) is 11.1 Å². The molecule has 0 unspecified atom stereocenters. The van der Waals surface area contributed by atoms with Crippen molar-refractivity contribution in [2.45, 2.75) is 38.5 Å². The maximum absolute atomic E-state index is 12.4. The van der Waals surface area contributed by atoms with Gasteiger partial charge in [0.05, 0.1) is 6.54 Å². The van der Waals surface area contributed by atoms with Gasteiger partial charge in [-0.25, -0.2) is 4.79 Å². The van der Waals surface area contributed by atoms with Crippen LogP contribution in [-0.4, -0.2) is 35.5 Å². The van der Waals surface area contributed by atoms with Gasteiger partial charge in [-0.05, 0) is 65.9 Å². The number of halogens is 1. The van der Waals surface area contributed by atoms with E-state index in [1.165, 1.54) is 49.0 Å². The summed E-state index contributed by atoms with van der Waals surface area (Å²) in [6.45, 7) is 4.47. The fraction of sp³-hybridized carbons (Fsp3) is 0.321. The van der Waals surface area contributed by atoms with Crippen molar-refractivity contribution < 1.29 is 9.53 Å². The lowest BCUT2D eigenvalue weighted by molar-refractivity contribution is 0.132. The van der Waals surface area contributed by atoms with E-state index >= 15 is 0 Å². The van der Waals surface area contributed by atoms with Crippen LogP contribution in [0.5, 0.6) is 0 Å². The Morgan fingerprint density at radius 1 is 0.848 bits per heavy atom. The van der Waals surface area contributed by atoms with Gasteiger partial charge in [0.2, 0.25) is 0 Å². The topological polar surface area (TPSA) is 32.8 Å². The van der Waals surface area contributed by atoms with E-state index in [-0.39, 0.29) is 12.2 Å². The summed E-state index contributed by atoms with van der Waals surface area (Å²) in [7, 11) is 0. The summed E-state index contributed by atoms with van der Waals surface area (Å²) < 4.78 is 5.59. The molecule has 1 amide bonds. The molecule has 0 spiro atoms. The number of nitrogens with zero attached hydrogens (tertiary/aromatic N) is 2. The second-order valence-electron chi connectivity index (χ2n) is 9.00. The molecule has 5 heteroatoms. The smallest absolute Gasteiger partial charge is 0.410 e. The van der Waals surface area contributed by atoms with Crippen LogP contribution in [0.4, 0.5) is 4.79 Å². The molecule has 0 aromatic heterocycles. The van der Waals surface area contributed by atoms with Gasteiger partial charge in [-0.3, -0.25) is 9.80 Å². The van der Waals surface area contributed by atoms with E-state index in [2.05, 4.69) is 53.4 Å². The first-order valence-corrected chi connectivity index (χ1v) is 12.1. The number of rotatable bonds is 6. The Hall–Kier alpha value is -2.82. The minimum atomic E-state index is -0.272. The van der Waals surface area contributed by atoms with Crippen LogP contribution in [0, 0.1) is 0 Å². The lowest BCUT2D eigenvalue weighted by Gasteiger charge is -2.27. The molecule has 0 aliphatic carbocycles. The van der Waals surface area contributed by atoms with Gasteiger partial charge in [-0.1, -0.05) is 78.7 Å². The number of hydrogen-bond donors (Lipinski definition) is 0. The maximum Gasteiger partial charge on any atom is 0.410 e. The van der Waals surface area contributed by atoms with Gasteiger partial charge < -0.3 is 4.74 Å². The standard InChI is InChI=1S/C28H29ClN2O2/c29-25-14-12-23(13-15-25)27-20-31(28(32)33-27)18-21-8-10-22(11-9-21)26-7-3-2-6-24(26)19-30-16-4-1-5-17-30/h2-3,6-15,27H,1,4-5,16-20H2/t27-/m0/s1. The first-order chi connectivity index (χ1) is 16.2. The summed E-state index contributed by atoms with van der Waals surface area (Å²) in [5.74, 6) is 0. The van der Waals surface area contributed by atoms with E-state index in [9.17, 15) is 4.79 Å². The average Bonchev–Trinajstić information content (AvgIpc) is 3.21. The van der Waals surface area contributed by atoms with Crippen LogP contribution in [0.15, 0.2) is 72.8 Å².